The maximum Gasteiger partial charge on any atom is 0 e. The summed E-state index contributed by atoms with van der Waals surface area (Å²) in [6.07, 6.45) is 0. The fraction of sp³-hybridized carbons (Fsp3) is 1.00. The average Bonchev–Trinajstić information content (AvgIpc) is 1.76. The van der Waals surface area contributed by atoms with E-state index in [-0.39, 0.29) is 18.6 Å². The van der Waals surface area contributed by atoms with Crippen molar-refractivity contribution >= 4 is 0 Å². The summed E-state index contributed by atoms with van der Waals surface area (Å²) >= 11 is 0. The van der Waals surface area contributed by atoms with Gasteiger partial charge < -0.3 is 10.6 Å². The van der Waals surface area contributed by atoms with E-state index in [0.29, 0.717) is 0 Å². The van der Waals surface area contributed by atoms with Crippen molar-refractivity contribution in [3.8, 4) is 0 Å². The number of nitrogens with one attached hydrogen (secondary N) is 1. The molecule has 1 aliphatic heterocycles. The Kier molecular flexibility index (Phi) is 4.00. The molecule has 1 fully saturated rings. The van der Waals surface area contributed by atoms with Gasteiger partial charge in [0.2, 0.25) is 0 Å². The first-order valence-electron chi connectivity index (χ1n) is 1.84. The molecule has 0 aromatic heterocycles. The van der Waals surface area contributed by atoms with Gasteiger partial charge in [-0.1, -0.05) is 6.67 Å². The molecule has 1 aliphatic rings. The number of rotatable bonds is 0. The van der Waals surface area contributed by atoms with Crippen LogP contribution in [0, 0.1) is 0 Å². The summed E-state index contributed by atoms with van der Waals surface area (Å²) in [6.45, 7) is 2.97. The third-order valence-electron chi connectivity index (χ3n) is 0.670. The molecule has 1 rings (SSSR count). The van der Waals surface area contributed by atoms with Crippen LogP contribution >= 0.6 is 0 Å². The summed E-state index contributed by atoms with van der Waals surface area (Å²) in [7, 11) is 0. The van der Waals surface area contributed by atoms with E-state index in [1.807, 2.05) is 0 Å². The molecule has 0 amide bonds. The molecule has 1 N–H and O–H groups in total. The second-order valence-electron chi connectivity index (χ2n) is 1.11. The van der Waals surface area contributed by atoms with E-state index in [9.17, 15) is 0 Å². The molecular formula is C3H7N2V-. The molecule has 0 spiro atoms. The van der Waals surface area contributed by atoms with E-state index in [1.54, 1.807) is 0 Å². The monoisotopic (exact) mass is 122 g/mol. The first-order valence-corrected chi connectivity index (χ1v) is 1.84. The van der Waals surface area contributed by atoms with Crippen molar-refractivity contribution in [2.75, 3.05) is 19.8 Å². The van der Waals surface area contributed by atoms with Gasteiger partial charge in [0.1, 0.15) is 0 Å². The summed E-state index contributed by atoms with van der Waals surface area (Å²) in [5, 5.41) is 7.03. The van der Waals surface area contributed by atoms with Gasteiger partial charge in [0.25, 0.3) is 0 Å². The summed E-state index contributed by atoms with van der Waals surface area (Å²) in [4.78, 5) is 0. The second kappa shape index (κ2) is 3.69. The molecule has 6 heavy (non-hydrogen) atoms. The molecule has 3 heteroatoms. The van der Waals surface area contributed by atoms with Crippen LogP contribution in [0.1, 0.15) is 0 Å². The Morgan fingerprint density at radius 1 is 1.50 bits per heavy atom. The molecule has 0 unspecified atom stereocenters. The zero-order valence-corrected chi connectivity index (χ0v) is 4.91. The summed E-state index contributed by atoms with van der Waals surface area (Å²) in [5.74, 6) is 0. The molecule has 0 atom stereocenters. The predicted octanol–water partition coefficient (Wildman–Crippen LogP) is -0.0817. The third kappa shape index (κ3) is 1.83. The Balaban J connectivity index is 0.000000250. The Morgan fingerprint density at radius 3 is 2.50 bits per heavy atom. The van der Waals surface area contributed by atoms with Crippen molar-refractivity contribution in [2.45, 2.75) is 0 Å². The van der Waals surface area contributed by atoms with Gasteiger partial charge in [0, 0.05) is 18.6 Å². The van der Waals surface area contributed by atoms with Gasteiger partial charge in [-0.05, 0) is 6.54 Å². The van der Waals surface area contributed by atoms with Gasteiger partial charge in [-0.15, -0.1) is 6.54 Å². The molecule has 1 radical (unpaired) electrons. The molecule has 0 bridgehead atoms. The number of nitrogens with zero attached hydrogens (tertiary/aromatic N) is 1. The van der Waals surface area contributed by atoms with E-state index >= 15 is 0 Å². The predicted molar refractivity (Wildman–Crippen MR) is 21.1 cm³/mol. The topological polar surface area (TPSA) is 26.1 Å². The van der Waals surface area contributed by atoms with Crippen molar-refractivity contribution in [3.05, 3.63) is 5.32 Å². The third-order valence-corrected chi connectivity index (χ3v) is 0.670. The minimum absolute atomic E-state index is 0. The van der Waals surface area contributed by atoms with Crippen molar-refractivity contribution in [1.29, 1.82) is 0 Å². The molecule has 0 saturated carbocycles. The fourth-order valence-electron chi connectivity index (χ4n) is 0.395. The van der Waals surface area contributed by atoms with Gasteiger partial charge in [-0.3, -0.25) is 0 Å². The minimum atomic E-state index is 0. The first kappa shape index (κ1) is 6.50. The number of hydrogen-bond acceptors (Lipinski definition) is 1. The van der Waals surface area contributed by atoms with E-state index < -0.39 is 0 Å². The van der Waals surface area contributed by atoms with Crippen molar-refractivity contribution in [1.82, 2.24) is 5.32 Å². The summed E-state index contributed by atoms with van der Waals surface area (Å²) in [5.41, 5.74) is 0. The summed E-state index contributed by atoms with van der Waals surface area (Å²) < 4.78 is 0. The molecule has 1 heterocycles. The van der Waals surface area contributed by atoms with Crippen LogP contribution in [0.3, 0.4) is 0 Å². The van der Waals surface area contributed by atoms with Crippen LogP contribution in [0.5, 0.6) is 0 Å². The van der Waals surface area contributed by atoms with Crippen LogP contribution in [0.25, 0.3) is 5.32 Å². The van der Waals surface area contributed by atoms with Crippen molar-refractivity contribution in [3.63, 3.8) is 0 Å². The maximum absolute atomic E-state index is 3.97. The molecule has 0 aromatic rings. The average molecular weight is 122 g/mol. The molecule has 0 aromatic carbocycles. The van der Waals surface area contributed by atoms with Crippen molar-refractivity contribution in [2.24, 2.45) is 0 Å². The van der Waals surface area contributed by atoms with Gasteiger partial charge in [-0.25, -0.2) is 0 Å². The van der Waals surface area contributed by atoms with Gasteiger partial charge in [0.05, 0.1) is 0 Å². The molecule has 1 saturated heterocycles. The minimum Gasteiger partial charge on any atom is -0.649 e. The zero-order valence-electron chi connectivity index (χ0n) is 3.52. The van der Waals surface area contributed by atoms with Crippen LogP contribution in [0.2, 0.25) is 0 Å². The maximum atomic E-state index is 3.97. The van der Waals surface area contributed by atoms with E-state index in [1.165, 1.54) is 0 Å². The summed E-state index contributed by atoms with van der Waals surface area (Å²) in [6, 6.07) is 0. The molecule has 2 nitrogen and oxygen atoms in total. The smallest absolute Gasteiger partial charge is 0 e. The van der Waals surface area contributed by atoms with Crippen LogP contribution in [0.15, 0.2) is 0 Å². The molecule has 35 valence electrons. The largest absolute Gasteiger partial charge is 0.649 e. The standard InChI is InChI=1S/C3H7N2.V/c1-2-5-3-4-1;/h4H,1-3H2;/q-1;. The fourth-order valence-corrected chi connectivity index (χ4v) is 0.395. The Labute approximate surface area is 49.6 Å². The van der Waals surface area contributed by atoms with Gasteiger partial charge in [0.15, 0.2) is 0 Å². The normalized spacial score (nSPS) is 20.0. The van der Waals surface area contributed by atoms with E-state index in [4.69, 9.17) is 0 Å². The second-order valence-corrected chi connectivity index (χ2v) is 1.11. The van der Waals surface area contributed by atoms with Crippen LogP contribution < -0.4 is 5.32 Å². The Morgan fingerprint density at radius 2 is 2.33 bits per heavy atom. The van der Waals surface area contributed by atoms with Crippen LogP contribution in [0.4, 0.5) is 0 Å². The zero-order chi connectivity index (χ0) is 3.54. The van der Waals surface area contributed by atoms with E-state index in [2.05, 4.69) is 10.6 Å². The molecular weight excluding hydrogens is 115 g/mol. The van der Waals surface area contributed by atoms with E-state index in [0.717, 1.165) is 19.8 Å². The first-order chi connectivity index (χ1) is 2.50. The van der Waals surface area contributed by atoms with Gasteiger partial charge in [-0.2, -0.15) is 0 Å². The number of hydrogen-bond donors (Lipinski definition) is 1. The molecule has 0 aliphatic carbocycles. The van der Waals surface area contributed by atoms with Crippen LogP contribution in [-0.4, -0.2) is 19.8 Å². The Bertz CT molecular complexity index is 20.4. The quantitative estimate of drug-likeness (QED) is 0.477. The van der Waals surface area contributed by atoms with Crippen molar-refractivity contribution < 1.29 is 18.6 Å². The van der Waals surface area contributed by atoms with Crippen LogP contribution in [-0.2, 0) is 18.6 Å². The Hall–Kier alpha value is 0.504. The van der Waals surface area contributed by atoms with Gasteiger partial charge >= 0.3 is 0 Å². The SMILES string of the molecule is C1CNC[N-]1.[V].